The highest BCUT2D eigenvalue weighted by atomic mass is 35.5. The Kier molecular flexibility index (Phi) is 6.69. The van der Waals surface area contributed by atoms with Crippen molar-refractivity contribution in [1.29, 1.82) is 0 Å². The van der Waals surface area contributed by atoms with Crippen LogP contribution in [0.5, 0.6) is 0 Å². The number of nitrogens with zero attached hydrogens (tertiary/aromatic N) is 2. The van der Waals surface area contributed by atoms with Gasteiger partial charge in [0, 0.05) is 6.07 Å². The normalized spacial score (nSPS) is 9.69. The number of rotatable bonds is 5. The average Bonchev–Trinajstić information content (AvgIpc) is 2.46. The maximum atomic E-state index is 2.25. The van der Waals surface area contributed by atoms with Gasteiger partial charge in [-0.2, -0.15) is 4.68 Å². The molecule has 0 unspecified atom stereocenters. The van der Waals surface area contributed by atoms with Gasteiger partial charge in [-0.3, -0.25) is 0 Å². The highest BCUT2D eigenvalue weighted by Gasteiger charge is 1.99. The Morgan fingerprint density at radius 1 is 1.23 bits per heavy atom. The van der Waals surface area contributed by atoms with Gasteiger partial charge >= 0.3 is 0 Å². The molecule has 0 N–H and O–H groups in total. The molecule has 3 heteroatoms. The zero-order chi connectivity index (χ0) is 8.81. The summed E-state index contributed by atoms with van der Waals surface area (Å²) in [5.74, 6) is 0. The molecule has 1 aromatic heterocycles. The van der Waals surface area contributed by atoms with Crippen molar-refractivity contribution in [3.8, 4) is 0 Å². The summed E-state index contributed by atoms with van der Waals surface area (Å²) < 4.78 is 4.38. The Labute approximate surface area is 87.0 Å². The lowest BCUT2D eigenvalue weighted by Crippen LogP contribution is -3.00. The van der Waals surface area contributed by atoms with Gasteiger partial charge in [-0.25, -0.2) is 0 Å². The van der Waals surface area contributed by atoms with Gasteiger partial charge < -0.3 is 12.4 Å². The van der Waals surface area contributed by atoms with Crippen LogP contribution in [0.2, 0.25) is 0 Å². The predicted octanol–water partition coefficient (Wildman–Crippen LogP) is -1.10. The maximum Gasteiger partial charge on any atom is 0.195 e. The highest BCUT2D eigenvalue weighted by molar-refractivity contribution is 4.71. The second kappa shape index (κ2) is 6.96. The van der Waals surface area contributed by atoms with E-state index in [9.17, 15) is 0 Å². The Balaban J connectivity index is 0.00000144. The van der Waals surface area contributed by atoms with Crippen LogP contribution in [0.25, 0.3) is 0 Å². The predicted molar refractivity (Wildman–Crippen MR) is 49.8 cm³/mol. The fourth-order valence-corrected chi connectivity index (χ4v) is 1.39. The summed E-state index contributed by atoms with van der Waals surface area (Å²) in [6, 6.07) is 2.08. The average molecular weight is 203 g/mol. The van der Waals surface area contributed by atoms with Crippen LogP contribution in [0.4, 0.5) is 0 Å². The topological polar surface area (TPSA) is 8.81 Å². The lowest BCUT2D eigenvalue weighted by Gasteiger charge is -1.99. The van der Waals surface area contributed by atoms with E-state index in [1.807, 2.05) is 0 Å². The number of aromatic nitrogens is 2. The molecular weight excluding hydrogens is 184 g/mol. The highest BCUT2D eigenvalue weighted by Crippen LogP contribution is 1.99. The third-order valence-corrected chi connectivity index (χ3v) is 2.21. The molecule has 0 bridgehead atoms. The third-order valence-electron chi connectivity index (χ3n) is 2.21. The maximum absolute atomic E-state index is 2.25. The minimum Gasteiger partial charge on any atom is -1.00 e. The molecule has 0 spiro atoms. The Hall–Kier alpha value is -0.500. The zero-order valence-electron chi connectivity index (χ0n) is 8.54. The number of hydrogen-bond donors (Lipinski definition) is 0. The summed E-state index contributed by atoms with van der Waals surface area (Å²) in [5.41, 5.74) is 0. The second-order valence-corrected chi connectivity index (χ2v) is 3.29. The molecule has 13 heavy (non-hydrogen) atoms. The summed E-state index contributed by atoms with van der Waals surface area (Å²) in [4.78, 5) is 0. The lowest BCUT2D eigenvalue weighted by molar-refractivity contribution is -0.753. The van der Waals surface area contributed by atoms with Gasteiger partial charge in [0.25, 0.3) is 0 Å². The molecule has 0 saturated carbocycles. The van der Waals surface area contributed by atoms with Gasteiger partial charge in [0.1, 0.15) is 0 Å². The van der Waals surface area contributed by atoms with E-state index >= 15 is 0 Å². The van der Waals surface area contributed by atoms with Crippen molar-refractivity contribution in [3.05, 3.63) is 18.5 Å². The second-order valence-electron chi connectivity index (χ2n) is 3.29. The molecule has 76 valence electrons. The van der Waals surface area contributed by atoms with Crippen LogP contribution in [0.15, 0.2) is 18.5 Å². The summed E-state index contributed by atoms with van der Waals surface area (Å²) in [6.45, 7) is 3.40. The van der Waals surface area contributed by atoms with Crippen molar-refractivity contribution >= 4 is 0 Å². The summed E-state index contributed by atoms with van der Waals surface area (Å²) in [5, 5.41) is 0. The monoisotopic (exact) mass is 202 g/mol. The molecule has 1 heterocycles. The first-order valence-corrected chi connectivity index (χ1v) is 4.85. The first-order chi connectivity index (χ1) is 5.84. The molecule has 0 saturated heterocycles. The van der Waals surface area contributed by atoms with E-state index < -0.39 is 0 Å². The first kappa shape index (κ1) is 12.5. The van der Waals surface area contributed by atoms with Crippen molar-refractivity contribution in [3.63, 3.8) is 0 Å². The van der Waals surface area contributed by atoms with Crippen molar-refractivity contribution in [1.82, 2.24) is 4.68 Å². The quantitative estimate of drug-likeness (QED) is 0.424. The van der Waals surface area contributed by atoms with Gasteiger partial charge in [-0.15, -0.1) is 4.68 Å². The molecule has 0 aliphatic rings. The van der Waals surface area contributed by atoms with Gasteiger partial charge in [-0.05, 0) is 6.42 Å². The lowest BCUT2D eigenvalue weighted by atomic mass is 10.2. The van der Waals surface area contributed by atoms with E-state index in [1.165, 1.54) is 25.7 Å². The smallest absolute Gasteiger partial charge is 0.195 e. The summed E-state index contributed by atoms with van der Waals surface area (Å²) >= 11 is 0. The molecule has 1 aromatic rings. The van der Waals surface area contributed by atoms with Crippen LogP contribution in [-0.2, 0) is 13.6 Å². The number of aryl methyl sites for hydroxylation is 2. The van der Waals surface area contributed by atoms with E-state index in [1.54, 1.807) is 0 Å². The molecule has 0 aliphatic heterocycles. The Morgan fingerprint density at radius 3 is 2.54 bits per heavy atom. The van der Waals surface area contributed by atoms with Gasteiger partial charge in [0.05, 0.1) is 12.7 Å². The third kappa shape index (κ3) is 4.32. The van der Waals surface area contributed by atoms with Crippen LogP contribution in [0.1, 0.15) is 32.6 Å². The minimum absolute atomic E-state index is 0. The van der Waals surface area contributed by atoms with E-state index in [-0.39, 0.29) is 12.4 Å². The molecule has 0 radical (unpaired) electrons. The minimum atomic E-state index is 0. The van der Waals surface area contributed by atoms with Crippen molar-refractivity contribution in [2.75, 3.05) is 0 Å². The summed E-state index contributed by atoms with van der Waals surface area (Å²) in [6.07, 6.45) is 9.56. The Morgan fingerprint density at radius 2 is 2.00 bits per heavy atom. The van der Waals surface area contributed by atoms with E-state index in [4.69, 9.17) is 0 Å². The number of hydrogen-bond acceptors (Lipinski definition) is 0. The largest absolute Gasteiger partial charge is 1.00 e. The molecular formula is C10H19ClN2. The molecule has 1 rings (SSSR count). The number of unbranched alkanes of at least 4 members (excludes halogenated alkanes) is 3. The van der Waals surface area contributed by atoms with Gasteiger partial charge in [0.2, 0.25) is 0 Å². The first-order valence-electron chi connectivity index (χ1n) is 4.85. The summed E-state index contributed by atoms with van der Waals surface area (Å²) in [7, 11) is 2.08. The van der Waals surface area contributed by atoms with Crippen LogP contribution in [0, 0.1) is 0 Å². The van der Waals surface area contributed by atoms with Crippen LogP contribution >= 0.6 is 0 Å². The van der Waals surface area contributed by atoms with Gasteiger partial charge in [-0.1, -0.05) is 26.2 Å². The fourth-order valence-electron chi connectivity index (χ4n) is 1.39. The molecule has 0 amide bonds. The van der Waals surface area contributed by atoms with Gasteiger partial charge in [0.15, 0.2) is 13.2 Å². The molecule has 0 fully saturated rings. The van der Waals surface area contributed by atoms with Crippen LogP contribution in [0.3, 0.4) is 0 Å². The van der Waals surface area contributed by atoms with E-state index in [0.29, 0.717) is 0 Å². The van der Waals surface area contributed by atoms with Crippen molar-refractivity contribution < 1.29 is 17.1 Å². The van der Waals surface area contributed by atoms with Crippen molar-refractivity contribution in [2.24, 2.45) is 7.05 Å². The fraction of sp³-hybridized carbons (Fsp3) is 0.700. The molecule has 0 atom stereocenters. The van der Waals surface area contributed by atoms with Crippen LogP contribution in [-0.4, -0.2) is 4.68 Å². The standard InChI is InChI=1S/C10H19N2.ClH/c1-3-4-5-6-9-12-10-7-8-11(12)2;/h7-8,10H,3-6,9H2,1-2H3;1H/q+1;/p-1. The molecule has 2 nitrogen and oxygen atoms in total. The van der Waals surface area contributed by atoms with Crippen molar-refractivity contribution in [2.45, 2.75) is 39.2 Å². The van der Waals surface area contributed by atoms with E-state index in [2.05, 4.69) is 41.8 Å². The Bertz CT molecular complexity index is 220. The molecule has 0 aliphatic carbocycles. The SMILES string of the molecule is CCCCCCn1ccc[n+]1C.[Cl-]. The zero-order valence-corrected chi connectivity index (χ0v) is 9.30. The number of halogens is 1. The van der Waals surface area contributed by atoms with E-state index in [0.717, 1.165) is 6.54 Å². The molecule has 0 aromatic carbocycles. The van der Waals surface area contributed by atoms with Crippen LogP contribution < -0.4 is 17.1 Å².